The quantitative estimate of drug-likeness (QED) is 0.299. The minimum Gasteiger partial charge on any atom is -0.349 e. The van der Waals surface area contributed by atoms with Crippen LogP contribution >= 0.6 is 23.8 Å². The number of rotatable bonds is 7. The van der Waals surface area contributed by atoms with E-state index in [1.807, 2.05) is 26.0 Å². The van der Waals surface area contributed by atoms with Gasteiger partial charge in [-0.3, -0.25) is 19.8 Å². The van der Waals surface area contributed by atoms with Crippen molar-refractivity contribution in [3.8, 4) is 0 Å². The van der Waals surface area contributed by atoms with Gasteiger partial charge < -0.3 is 9.47 Å². The van der Waals surface area contributed by atoms with Gasteiger partial charge in [0, 0.05) is 23.8 Å². The van der Waals surface area contributed by atoms with Crippen LogP contribution in [0.2, 0.25) is 5.02 Å². The summed E-state index contributed by atoms with van der Waals surface area (Å²) in [6, 6.07) is 13.9. The number of benzene rings is 2. The van der Waals surface area contributed by atoms with E-state index in [1.54, 1.807) is 36.4 Å². The van der Waals surface area contributed by atoms with Crippen molar-refractivity contribution in [3.05, 3.63) is 70.3 Å². The number of hydrogen-bond donors (Lipinski definition) is 1. The monoisotopic (exact) mass is 444 g/mol. The largest absolute Gasteiger partial charge is 0.349 e. The molecular weight excluding hydrogens is 424 g/mol. The average Bonchev–Trinajstić information content (AvgIpc) is 2.73. The summed E-state index contributed by atoms with van der Waals surface area (Å²) in [5, 5.41) is 3.12. The summed E-state index contributed by atoms with van der Waals surface area (Å²) in [5.74, 6) is -1.04. The molecule has 0 aromatic heterocycles. The van der Waals surface area contributed by atoms with Crippen LogP contribution in [0.4, 0.5) is 5.69 Å². The molecule has 156 valence electrons. The van der Waals surface area contributed by atoms with E-state index in [4.69, 9.17) is 33.3 Å². The lowest BCUT2D eigenvalue weighted by Gasteiger charge is -2.29. The van der Waals surface area contributed by atoms with Gasteiger partial charge in [-0.05, 0) is 62.0 Å². The Balaban J connectivity index is 1.87. The number of carbonyl (C=O) groups excluding carboxylic acids is 2. The molecule has 0 unspecified atom stereocenters. The summed E-state index contributed by atoms with van der Waals surface area (Å²) in [5.41, 5.74) is 2.04. The van der Waals surface area contributed by atoms with Crippen LogP contribution < -0.4 is 10.2 Å². The molecule has 0 bridgehead atoms. The van der Waals surface area contributed by atoms with Crippen LogP contribution in [0.1, 0.15) is 31.3 Å². The standard InChI is InChI=1S/C22H21ClN2O4S/c1-3-28-21(29-4-2)15-7-5-14(6-8-15)13-18-19(26)24-22(30)25(20(18)27)17-11-9-16(23)10-12-17/h5-13,21H,3-4H2,1-2H3,(H,24,26,30)/b18-13-. The molecule has 2 amide bonds. The van der Waals surface area contributed by atoms with Crippen LogP contribution in [0.5, 0.6) is 0 Å². The van der Waals surface area contributed by atoms with Gasteiger partial charge in [0.2, 0.25) is 0 Å². The number of anilines is 1. The third-order valence-electron chi connectivity index (χ3n) is 4.34. The zero-order chi connectivity index (χ0) is 21.7. The molecule has 8 heteroatoms. The van der Waals surface area contributed by atoms with Gasteiger partial charge in [0.25, 0.3) is 11.8 Å². The second kappa shape index (κ2) is 9.95. The van der Waals surface area contributed by atoms with E-state index in [0.717, 1.165) is 5.56 Å². The number of nitrogens with one attached hydrogen (secondary N) is 1. The zero-order valence-electron chi connectivity index (χ0n) is 16.6. The summed E-state index contributed by atoms with van der Waals surface area (Å²) in [4.78, 5) is 26.7. The molecule has 1 aliphatic rings. The van der Waals surface area contributed by atoms with Gasteiger partial charge >= 0.3 is 0 Å². The Morgan fingerprint density at radius 3 is 2.20 bits per heavy atom. The molecule has 1 N–H and O–H groups in total. The minimum atomic E-state index is -0.541. The van der Waals surface area contributed by atoms with Crippen molar-refractivity contribution < 1.29 is 19.1 Å². The van der Waals surface area contributed by atoms with Crippen molar-refractivity contribution in [1.82, 2.24) is 5.32 Å². The zero-order valence-corrected chi connectivity index (χ0v) is 18.1. The molecule has 0 radical (unpaired) electrons. The van der Waals surface area contributed by atoms with Crippen LogP contribution in [-0.2, 0) is 19.1 Å². The molecule has 2 aromatic carbocycles. The topological polar surface area (TPSA) is 67.9 Å². The molecule has 2 aromatic rings. The minimum absolute atomic E-state index is 0.0162. The Morgan fingerprint density at radius 1 is 1.03 bits per heavy atom. The lowest BCUT2D eigenvalue weighted by atomic mass is 10.1. The molecule has 30 heavy (non-hydrogen) atoms. The molecular formula is C22H21ClN2O4S. The van der Waals surface area contributed by atoms with E-state index in [2.05, 4.69) is 5.32 Å². The SMILES string of the molecule is CCOC(OCC)c1ccc(/C=C2/C(=O)NC(=S)N(c3ccc(Cl)cc3)C2=O)cc1. The Labute approximate surface area is 185 Å². The maximum atomic E-state index is 13.0. The fourth-order valence-corrected chi connectivity index (χ4v) is 3.35. The molecule has 3 rings (SSSR count). The maximum absolute atomic E-state index is 13.0. The predicted molar refractivity (Wildman–Crippen MR) is 120 cm³/mol. The van der Waals surface area contributed by atoms with E-state index in [9.17, 15) is 9.59 Å². The van der Waals surface area contributed by atoms with Gasteiger partial charge in [0.1, 0.15) is 5.57 Å². The van der Waals surface area contributed by atoms with Crippen LogP contribution in [-0.4, -0.2) is 30.1 Å². The summed E-state index contributed by atoms with van der Waals surface area (Å²) >= 11 is 11.1. The smallest absolute Gasteiger partial charge is 0.270 e. The second-order valence-electron chi connectivity index (χ2n) is 6.34. The van der Waals surface area contributed by atoms with Gasteiger partial charge in [-0.2, -0.15) is 0 Å². The lowest BCUT2D eigenvalue weighted by Crippen LogP contribution is -2.54. The number of halogens is 1. The highest BCUT2D eigenvalue weighted by atomic mass is 35.5. The normalized spacial score (nSPS) is 15.8. The molecule has 1 saturated heterocycles. The van der Waals surface area contributed by atoms with E-state index in [-0.39, 0.29) is 10.7 Å². The first-order valence-electron chi connectivity index (χ1n) is 9.44. The number of hydrogen-bond acceptors (Lipinski definition) is 5. The Bertz CT molecular complexity index is 968. The van der Waals surface area contributed by atoms with Crippen molar-refractivity contribution in [2.24, 2.45) is 0 Å². The molecule has 0 aliphatic carbocycles. The van der Waals surface area contributed by atoms with Crippen LogP contribution in [0, 0.1) is 0 Å². The van der Waals surface area contributed by atoms with Gasteiger partial charge in [0.15, 0.2) is 11.4 Å². The van der Waals surface area contributed by atoms with E-state index in [1.165, 1.54) is 11.0 Å². The Morgan fingerprint density at radius 2 is 1.63 bits per heavy atom. The Kier molecular flexibility index (Phi) is 7.33. The average molecular weight is 445 g/mol. The highest BCUT2D eigenvalue weighted by Gasteiger charge is 2.34. The number of carbonyl (C=O) groups is 2. The van der Waals surface area contributed by atoms with Crippen molar-refractivity contribution in [3.63, 3.8) is 0 Å². The van der Waals surface area contributed by atoms with Gasteiger partial charge in [0.05, 0.1) is 5.69 Å². The predicted octanol–water partition coefficient (Wildman–Crippen LogP) is 4.24. The first kappa shape index (κ1) is 22.1. The fraction of sp³-hybridized carbons (Fsp3) is 0.227. The van der Waals surface area contributed by atoms with Crippen LogP contribution in [0.25, 0.3) is 6.08 Å². The number of nitrogens with zero attached hydrogens (tertiary/aromatic N) is 1. The first-order valence-corrected chi connectivity index (χ1v) is 10.2. The van der Waals surface area contributed by atoms with Crippen molar-refractivity contribution in [2.75, 3.05) is 18.1 Å². The summed E-state index contributed by atoms with van der Waals surface area (Å²) in [7, 11) is 0. The maximum Gasteiger partial charge on any atom is 0.270 e. The number of ether oxygens (including phenoxy) is 2. The summed E-state index contributed by atoms with van der Waals surface area (Å²) in [6.45, 7) is 4.83. The van der Waals surface area contributed by atoms with Crippen molar-refractivity contribution >= 4 is 52.5 Å². The van der Waals surface area contributed by atoms with E-state index >= 15 is 0 Å². The third-order valence-corrected chi connectivity index (χ3v) is 4.88. The highest BCUT2D eigenvalue weighted by molar-refractivity contribution is 7.80. The van der Waals surface area contributed by atoms with Crippen LogP contribution in [0.15, 0.2) is 54.1 Å². The van der Waals surface area contributed by atoms with E-state index < -0.39 is 18.1 Å². The summed E-state index contributed by atoms with van der Waals surface area (Å²) in [6.07, 6.45) is 1.07. The molecule has 1 fully saturated rings. The number of amides is 2. The Hall–Kier alpha value is -2.58. The fourth-order valence-electron chi connectivity index (χ4n) is 2.94. The molecule has 1 heterocycles. The molecule has 0 spiro atoms. The molecule has 6 nitrogen and oxygen atoms in total. The van der Waals surface area contributed by atoms with Gasteiger partial charge in [-0.15, -0.1) is 0 Å². The lowest BCUT2D eigenvalue weighted by molar-refractivity contribution is -0.140. The van der Waals surface area contributed by atoms with Crippen molar-refractivity contribution in [1.29, 1.82) is 0 Å². The third kappa shape index (κ3) is 4.94. The van der Waals surface area contributed by atoms with Gasteiger partial charge in [-0.25, -0.2) is 0 Å². The van der Waals surface area contributed by atoms with Gasteiger partial charge in [-0.1, -0.05) is 35.9 Å². The molecule has 1 aliphatic heterocycles. The van der Waals surface area contributed by atoms with Crippen LogP contribution in [0.3, 0.4) is 0 Å². The van der Waals surface area contributed by atoms with Crippen molar-refractivity contribution in [2.45, 2.75) is 20.1 Å². The number of thiocarbonyl (C=S) groups is 1. The molecule has 0 saturated carbocycles. The highest BCUT2D eigenvalue weighted by Crippen LogP contribution is 2.25. The summed E-state index contributed by atoms with van der Waals surface area (Å²) < 4.78 is 11.2. The second-order valence-corrected chi connectivity index (χ2v) is 7.17. The molecule has 0 atom stereocenters. The van der Waals surface area contributed by atoms with E-state index in [0.29, 0.717) is 29.5 Å². The first-order chi connectivity index (χ1) is 14.4.